The van der Waals surface area contributed by atoms with Gasteiger partial charge in [0.25, 0.3) is 0 Å². The van der Waals surface area contributed by atoms with E-state index >= 15 is 0 Å². The van der Waals surface area contributed by atoms with Gasteiger partial charge in [0, 0.05) is 11.5 Å². The van der Waals surface area contributed by atoms with Crippen LogP contribution in [-0.4, -0.2) is 52.3 Å². The predicted octanol–water partition coefficient (Wildman–Crippen LogP) is 0.862. The molecule has 6 fully saturated rings. The Labute approximate surface area is 147 Å². The van der Waals surface area contributed by atoms with Gasteiger partial charge >= 0.3 is 0 Å². The van der Waals surface area contributed by atoms with Gasteiger partial charge in [-0.05, 0) is 75.8 Å². The molecule has 3 N–H and O–H groups in total. The number of aliphatic imine (C=N–C) groups is 1. The zero-order valence-electron chi connectivity index (χ0n) is 14.6. The first-order chi connectivity index (χ1) is 11.8. The van der Waals surface area contributed by atoms with Gasteiger partial charge in [0.1, 0.15) is 12.1 Å². The van der Waals surface area contributed by atoms with E-state index in [9.17, 15) is 14.7 Å². The van der Waals surface area contributed by atoms with Crippen LogP contribution in [0.1, 0.15) is 51.4 Å². The van der Waals surface area contributed by atoms with Gasteiger partial charge in [-0.25, -0.2) is 0 Å². The second-order valence-electron chi connectivity index (χ2n) is 9.60. The summed E-state index contributed by atoms with van der Waals surface area (Å²) in [6.07, 6.45) is 7.10. The molecule has 0 radical (unpaired) electrons. The molecule has 0 aromatic heterocycles. The predicted molar refractivity (Wildman–Crippen MR) is 91.7 cm³/mol. The van der Waals surface area contributed by atoms with Gasteiger partial charge in [-0.2, -0.15) is 0 Å². The first-order valence-corrected chi connectivity index (χ1v) is 9.64. The number of piperidine rings is 1. The molecule has 0 aromatic carbocycles. The van der Waals surface area contributed by atoms with Gasteiger partial charge in [0.05, 0.1) is 5.60 Å². The molecular formula is C19H27N3O3. The van der Waals surface area contributed by atoms with Crippen LogP contribution in [0.15, 0.2) is 4.99 Å². The molecule has 0 aromatic rings. The summed E-state index contributed by atoms with van der Waals surface area (Å²) in [5.74, 6) is 0.916. The fourth-order valence-electron chi connectivity index (χ4n) is 7.31. The van der Waals surface area contributed by atoms with Crippen LogP contribution in [0.3, 0.4) is 0 Å². The molecule has 1 saturated heterocycles. The highest BCUT2D eigenvalue weighted by molar-refractivity contribution is 5.91. The standard InChI is InChI=1S/C19H27N3O3/c1-21-15(17(24)22-13-3-12(13)4-14(22)16(20)23)18-5-10-2-11(6-18)8-19(25,7-10)9-18/h10-15,25H,1-9H2,(H2,20,23)/t10?,11?,12-,13-,14-,15+,18?,19?/m0/s1. The number of likely N-dealkylation sites (tertiary alicyclic amines) is 1. The summed E-state index contributed by atoms with van der Waals surface area (Å²) in [5, 5.41) is 11.0. The number of hydrogen-bond donors (Lipinski definition) is 2. The minimum atomic E-state index is -0.635. The smallest absolute Gasteiger partial charge is 0.248 e. The molecule has 6 nitrogen and oxygen atoms in total. The maximum atomic E-state index is 13.5. The second kappa shape index (κ2) is 4.84. The topological polar surface area (TPSA) is 96.0 Å². The Balaban J connectivity index is 1.47. The molecule has 6 atom stereocenters. The molecule has 1 heterocycles. The van der Waals surface area contributed by atoms with Crippen molar-refractivity contribution in [3.8, 4) is 0 Å². The summed E-state index contributed by atoms with van der Waals surface area (Å²) in [4.78, 5) is 31.3. The summed E-state index contributed by atoms with van der Waals surface area (Å²) in [6, 6.07) is -0.880. The number of carbonyl (C=O) groups is 2. The third-order valence-electron chi connectivity index (χ3n) is 7.76. The number of amides is 2. The van der Waals surface area contributed by atoms with Crippen LogP contribution in [0.4, 0.5) is 0 Å². The van der Waals surface area contributed by atoms with Crippen molar-refractivity contribution in [3.05, 3.63) is 0 Å². The van der Waals surface area contributed by atoms with Gasteiger partial charge in [0.2, 0.25) is 11.8 Å². The number of carbonyl (C=O) groups excluding carboxylic acids is 2. The quantitative estimate of drug-likeness (QED) is 0.740. The van der Waals surface area contributed by atoms with Gasteiger partial charge in [-0.1, -0.05) is 0 Å². The van der Waals surface area contributed by atoms with Crippen molar-refractivity contribution in [2.75, 3.05) is 0 Å². The Morgan fingerprint density at radius 2 is 1.84 bits per heavy atom. The lowest BCUT2D eigenvalue weighted by Gasteiger charge is -2.61. The van der Waals surface area contributed by atoms with E-state index in [1.165, 1.54) is 6.42 Å². The monoisotopic (exact) mass is 345 g/mol. The summed E-state index contributed by atoms with van der Waals surface area (Å²) < 4.78 is 0. The Morgan fingerprint density at radius 1 is 1.16 bits per heavy atom. The highest BCUT2D eigenvalue weighted by Crippen LogP contribution is 2.63. The summed E-state index contributed by atoms with van der Waals surface area (Å²) in [5.41, 5.74) is 4.64. The van der Waals surface area contributed by atoms with Crippen LogP contribution >= 0.6 is 0 Å². The van der Waals surface area contributed by atoms with Gasteiger partial charge in [-0.3, -0.25) is 14.6 Å². The minimum absolute atomic E-state index is 0.0747. The normalized spacial score (nSPS) is 50.4. The first kappa shape index (κ1) is 15.8. The molecule has 136 valence electrons. The number of rotatable bonds is 4. The number of aliphatic hydroxyl groups is 1. The molecule has 0 spiro atoms. The molecule has 6 aliphatic rings. The number of nitrogens with zero attached hydrogens (tertiary/aromatic N) is 2. The molecule has 6 rings (SSSR count). The van der Waals surface area contributed by atoms with E-state index in [1.54, 1.807) is 4.90 Å². The number of primary amides is 1. The Kier molecular flexibility index (Phi) is 3.06. The Morgan fingerprint density at radius 3 is 2.40 bits per heavy atom. The molecule has 2 amide bonds. The summed E-state index contributed by atoms with van der Waals surface area (Å²) in [6.45, 7) is 3.75. The van der Waals surface area contributed by atoms with Gasteiger partial charge in [0.15, 0.2) is 0 Å². The fraction of sp³-hybridized carbons (Fsp3) is 0.842. The molecule has 1 aliphatic heterocycles. The number of nitrogens with two attached hydrogens (primary N) is 1. The van der Waals surface area contributed by atoms with Crippen LogP contribution < -0.4 is 5.73 Å². The fourth-order valence-corrected chi connectivity index (χ4v) is 7.31. The molecular weight excluding hydrogens is 318 g/mol. The highest BCUT2D eigenvalue weighted by atomic mass is 16.3. The number of hydrogen-bond acceptors (Lipinski definition) is 4. The maximum Gasteiger partial charge on any atom is 0.248 e. The van der Waals surface area contributed by atoms with Crippen LogP contribution in [0.25, 0.3) is 0 Å². The van der Waals surface area contributed by atoms with Crippen molar-refractivity contribution < 1.29 is 14.7 Å². The average Bonchev–Trinajstić information content (AvgIpc) is 3.15. The van der Waals surface area contributed by atoms with Crippen molar-refractivity contribution >= 4 is 18.5 Å². The molecule has 5 saturated carbocycles. The van der Waals surface area contributed by atoms with Crippen molar-refractivity contribution in [2.24, 2.45) is 33.9 Å². The third-order valence-corrected chi connectivity index (χ3v) is 7.76. The van der Waals surface area contributed by atoms with Crippen molar-refractivity contribution in [1.82, 2.24) is 4.90 Å². The van der Waals surface area contributed by atoms with Crippen LogP contribution in [0, 0.1) is 23.2 Å². The Hall–Kier alpha value is -1.43. The van der Waals surface area contributed by atoms with Crippen molar-refractivity contribution in [1.29, 1.82) is 0 Å². The SMILES string of the molecule is C=N[C@H](C(=O)N1[C@H](C(N)=O)C[C@@H]2C[C@@H]21)C12CC3CC(CC(O)(C3)C1)C2. The second-order valence-corrected chi connectivity index (χ2v) is 9.60. The molecule has 5 aliphatic carbocycles. The van der Waals surface area contributed by atoms with E-state index in [0.717, 1.165) is 32.1 Å². The minimum Gasteiger partial charge on any atom is -0.390 e. The van der Waals surface area contributed by atoms with Crippen molar-refractivity contribution in [3.63, 3.8) is 0 Å². The zero-order valence-corrected chi connectivity index (χ0v) is 14.6. The zero-order chi connectivity index (χ0) is 17.6. The lowest BCUT2D eigenvalue weighted by atomic mass is 9.46. The van der Waals surface area contributed by atoms with E-state index in [2.05, 4.69) is 11.7 Å². The first-order valence-electron chi connectivity index (χ1n) is 9.64. The number of fused-ring (bicyclic) bond motifs is 1. The largest absolute Gasteiger partial charge is 0.390 e. The van der Waals surface area contributed by atoms with Gasteiger partial charge in [-0.15, -0.1) is 0 Å². The third kappa shape index (κ3) is 2.15. The van der Waals surface area contributed by atoms with E-state index in [0.29, 0.717) is 30.6 Å². The van der Waals surface area contributed by atoms with Crippen LogP contribution in [0.5, 0.6) is 0 Å². The van der Waals surface area contributed by atoms with Crippen LogP contribution in [-0.2, 0) is 9.59 Å². The summed E-state index contributed by atoms with van der Waals surface area (Å²) in [7, 11) is 0. The van der Waals surface area contributed by atoms with Crippen molar-refractivity contribution in [2.45, 2.75) is 75.1 Å². The van der Waals surface area contributed by atoms with E-state index in [4.69, 9.17) is 5.73 Å². The van der Waals surface area contributed by atoms with E-state index in [1.807, 2.05) is 0 Å². The molecule has 2 unspecified atom stereocenters. The average molecular weight is 345 g/mol. The summed E-state index contributed by atoms with van der Waals surface area (Å²) >= 11 is 0. The lowest BCUT2D eigenvalue weighted by Crippen LogP contribution is -2.62. The molecule has 4 bridgehead atoms. The highest BCUT2D eigenvalue weighted by Gasteiger charge is 2.63. The Bertz CT molecular complexity index is 648. The molecule has 6 heteroatoms. The lowest BCUT2D eigenvalue weighted by molar-refractivity contribution is -0.177. The molecule has 25 heavy (non-hydrogen) atoms. The van der Waals surface area contributed by atoms with E-state index < -0.39 is 23.6 Å². The maximum absolute atomic E-state index is 13.5. The van der Waals surface area contributed by atoms with Crippen LogP contribution in [0.2, 0.25) is 0 Å². The van der Waals surface area contributed by atoms with Gasteiger partial charge < -0.3 is 15.7 Å². The van der Waals surface area contributed by atoms with E-state index in [-0.39, 0.29) is 17.4 Å².